The Morgan fingerprint density at radius 1 is 1.00 bits per heavy atom. The molecule has 24 heavy (non-hydrogen) atoms. The predicted octanol–water partition coefficient (Wildman–Crippen LogP) is 3.44. The van der Waals surface area contributed by atoms with Crippen molar-refractivity contribution >= 4 is 23.5 Å². The first-order valence-electron chi connectivity index (χ1n) is 8.22. The molecule has 4 nitrogen and oxygen atoms in total. The van der Waals surface area contributed by atoms with Gasteiger partial charge in [0.25, 0.3) is 0 Å². The molecule has 2 amide bonds. The lowest BCUT2D eigenvalue weighted by atomic mass is 10.2. The van der Waals surface area contributed by atoms with Gasteiger partial charge in [0.2, 0.25) is 0 Å². The Hall–Kier alpha value is -2.14. The molecule has 1 N–H and O–H groups in total. The van der Waals surface area contributed by atoms with Crippen LogP contribution in [0, 0.1) is 0 Å². The highest BCUT2D eigenvalue weighted by molar-refractivity contribution is 7.98. The van der Waals surface area contributed by atoms with Crippen LogP contribution in [0.2, 0.25) is 0 Å². The van der Waals surface area contributed by atoms with Crippen LogP contribution < -0.4 is 10.2 Å². The summed E-state index contributed by atoms with van der Waals surface area (Å²) in [6, 6.07) is 18.5. The first-order valence-corrected chi connectivity index (χ1v) is 9.45. The van der Waals surface area contributed by atoms with Crippen molar-refractivity contribution < 1.29 is 4.79 Å². The summed E-state index contributed by atoms with van der Waals surface area (Å²) in [5.74, 6) is 0. The molecular formula is C19H23N3OS. The maximum absolute atomic E-state index is 12.3. The topological polar surface area (TPSA) is 35.6 Å². The highest BCUT2D eigenvalue weighted by Crippen LogP contribution is 2.28. The number of thioether (sulfide) groups is 1. The molecule has 1 aliphatic heterocycles. The van der Waals surface area contributed by atoms with E-state index in [-0.39, 0.29) is 6.03 Å². The molecule has 1 saturated heterocycles. The van der Waals surface area contributed by atoms with Crippen LogP contribution in [-0.2, 0) is 6.54 Å². The van der Waals surface area contributed by atoms with Gasteiger partial charge in [-0.3, -0.25) is 0 Å². The SMILES string of the molecule is CSc1ccccc1N1CCN(C(=O)NCc2ccccc2)CC1. The van der Waals surface area contributed by atoms with Crippen LogP contribution in [0.15, 0.2) is 59.5 Å². The molecule has 126 valence electrons. The normalized spacial score (nSPS) is 14.5. The van der Waals surface area contributed by atoms with Crippen LogP contribution >= 0.6 is 11.8 Å². The van der Waals surface area contributed by atoms with E-state index in [4.69, 9.17) is 0 Å². The fourth-order valence-electron chi connectivity index (χ4n) is 2.93. The van der Waals surface area contributed by atoms with Crippen LogP contribution in [0.4, 0.5) is 10.5 Å². The van der Waals surface area contributed by atoms with E-state index >= 15 is 0 Å². The quantitative estimate of drug-likeness (QED) is 0.866. The fourth-order valence-corrected chi connectivity index (χ4v) is 3.55. The number of rotatable bonds is 4. The maximum Gasteiger partial charge on any atom is 0.317 e. The third kappa shape index (κ3) is 4.03. The molecule has 0 bridgehead atoms. The minimum absolute atomic E-state index is 0.0247. The molecule has 0 spiro atoms. The van der Waals surface area contributed by atoms with Crippen LogP contribution in [-0.4, -0.2) is 43.4 Å². The van der Waals surface area contributed by atoms with Crippen molar-refractivity contribution in [1.29, 1.82) is 0 Å². The van der Waals surface area contributed by atoms with E-state index < -0.39 is 0 Å². The summed E-state index contributed by atoms with van der Waals surface area (Å²) in [7, 11) is 0. The van der Waals surface area contributed by atoms with E-state index in [1.807, 2.05) is 35.2 Å². The minimum Gasteiger partial charge on any atom is -0.367 e. The maximum atomic E-state index is 12.3. The molecule has 1 fully saturated rings. The van der Waals surface area contributed by atoms with E-state index in [1.54, 1.807) is 11.8 Å². The second-order valence-electron chi connectivity index (χ2n) is 5.79. The molecule has 1 aliphatic rings. The Balaban J connectivity index is 1.52. The van der Waals surface area contributed by atoms with Crippen LogP contribution in [0.5, 0.6) is 0 Å². The van der Waals surface area contributed by atoms with E-state index in [9.17, 15) is 4.79 Å². The van der Waals surface area contributed by atoms with Gasteiger partial charge in [-0.05, 0) is 24.0 Å². The molecule has 2 aromatic rings. The molecular weight excluding hydrogens is 318 g/mol. The highest BCUT2D eigenvalue weighted by Gasteiger charge is 2.22. The van der Waals surface area contributed by atoms with E-state index in [0.717, 1.165) is 31.7 Å². The van der Waals surface area contributed by atoms with Crippen LogP contribution in [0.1, 0.15) is 5.56 Å². The molecule has 0 unspecified atom stereocenters. The third-order valence-corrected chi connectivity index (χ3v) is 5.06. The Bertz CT molecular complexity index is 669. The zero-order valence-electron chi connectivity index (χ0n) is 13.9. The first-order chi connectivity index (χ1) is 11.8. The van der Waals surface area contributed by atoms with Crippen molar-refractivity contribution in [1.82, 2.24) is 10.2 Å². The lowest BCUT2D eigenvalue weighted by Crippen LogP contribution is -2.51. The van der Waals surface area contributed by atoms with E-state index in [2.05, 4.69) is 40.7 Å². The number of carbonyl (C=O) groups is 1. The van der Waals surface area contributed by atoms with Crippen molar-refractivity contribution in [2.45, 2.75) is 11.4 Å². The van der Waals surface area contributed by atoms with E-state index in [0.29, 0.717) is 6.54 Å². The van der Waals surface area contributed by atoms with Crippen LogP contribution in [0.25, 0.3) is 0 Å². The van der Waals surface area contributed by atoms with Gasteiger partial charge in [0.15, 0.2) is 0 Å². The number of benzene rings is 2. The first kappa shape index (κ1) is 16.7. The molecule has 0 aliphatic carbocycles. The number of carbonyl (C=O) groups excluding carboxylic acids is 1. The zero-order valence-corrected chi connectivity index (χ0v) is 14.8. The lowest BCUT2D eigenvalue weighted by molar-refractivity contribution is 0.194. The standard InChI is InChI=1S/C19H23N3OS/c1-24-18-10-6-5-9-17(18)21-11-13-22(14-12-21)19(23)20-15-16-7-3-2-4-8-16/h2-10H,11-15H2,1H3,(H,20,23). The number of amides is 2. The van der Waals surface area contributed by atoms with Gasteiger partial charge in [-0.2, -0.15) is 0 Å². The minimum atomic E-state index is 0.0247. The molecule has 5 heteroatoms. The molecule has 0 saturated carbocycles. The summed E-state index contributed by atoms with van der Waals surface area (Å²) < 4.78 is 0. The Morgan fingerprint density at radius 2 is 1.67 bits per heavy atom. The number of hydrogen-bond acceptors (Lipinski definition) is 3. The van der Waals surface area contributed by atoms with Gasteiger partial charge < -0.3 is 15.1 Å². The Kier molecular flexibility index (Phi) is 5.64. The number of nitrogens with one attached hydrogen (secondary N) is 1. The van der Waals surface area contributed by atoms with Crippen molar-refractivity contribution in [2.75, 3.05) is 37.3 Å². The van der Waals surface area contributed by atoms with Gasteiger partial charge in [0.05, 0.1) is 5.69 Å². The predicted molar refractivity (Wildman–Crippen MR) is 101 cm³/mol. The summed E-state index contributed by atoms with van der Waals surface area (Å²) in [4.78, 5) is 17.9. The van der Waals surface area contributed by atoms with Gasteiger partial charge in [-0.25, -0.2) is 4.79 Å². The van der Waals surface area contributed by atoms with Gasteiger partial charge in [-0.15, -0.1) is 11.8 Å². The second kappa shape index (κ2) is 8.11. The number of urea groups is 1. The third-order valence-electron chi connectivity index (χ3n) is 4.28. The average molecular weight is 341 g/mol. The van der Waals surface area contributed by atoms with Gasteiger partial charge in [0, 0.05) is 37.6 Å². The summed E-state index contributed by atoms with van der Waals surface area (Å²) in [5, 5.41) is 3.01. The largest absolute Gasteiger partial charge is 0.367 e. The van der Waals surface area contributed by atoms with Gasteiger partial charge in [0.1, 0.15) is 0 Å². The summed E-state index contributed by atoms with van der Waals surface area (Å²) in [6.07, 6.45) is 2.10. The number of piperazine rings is 1. The Morgan fingerprint density at radius 3 is 2.38 bits per heavy atom. The zero-order chi connectivity index (χ0) is 16.8. The molecule has 1 heterocycles. The number of anilines is 1. The van der Waals surface area contributed by atoms with Crippen molar-refractivity contribution in [3.63, 3.8) is 0 Å². The van der Waals surface area contributed by atoms with Crippen LogP contribution in [0.3, 0.4) is 0 Å². The smallest absolute Gasteiger partial charge is 0.317 e. The fraction of sp³-hybridized carbons (Fsp3) is 0.316. The number of nitrogens with zero attached hydrogens (tertiary/aromatic N) is 2. The summed E-state index contributed by atoms with van der Waals surface area (Å²) in [5.41, 5.74) is 2.40. The van der Waals surface area contributed by atoms with Crippen molar-refractivity contribution in [3.8, 4) is 0 Å². The molecule has 0 aromatic heterocycles. The molecule has 0 atom stereocenters. The Labute approximate surface area is 147 Å². The van der Waals surface area contributed by atoms with Gasteiger partial charge >= 0.3 is 6.03 Å². The number of hydrogen-bond donors (Lipinski definition) is 1. The molecule has 0 radical (unpaired) electrons. The van der Waals surface area contributed by atoms with E-state index in [1.165, 1.54) is 10.6 Å². The summed E-state index contributed by atoms with van der Waals surface area (Å²) >= 11 is 1.77. The number of para-hydroxylation sites is 1. The molecule has 2 aromatic carbocycles. The monoisotopic (exact) mass is 341 g/mol. The second-order valence-corrected chi connectivity index (χ2v) is 6.64. The highest BCUT2D eigenvalue weighted by atomic mass is 32.2. The van der Waals surface area contributed by atoms with Crippen molar-refractivity contribution in [2.24, 2.45) is 0 Å². The molecule has 3 rings (SSSR count). The average Bonchev–Trinajstić information content (AvgIpc) is 2.67. The van der Waals surface area contributed by atoms with Crippen molar-refractivity contribution in [3.05, 3.63) is 60.2 Å². The van der Waals surface area contributed by atoms with Gasteiger partial charge in [-0.1, -0.05) is 42.5 Å². The summed E-state index contributed by atoms with van der Waals surface area (Å²) in [6.45, 7) is 3.83. The lowest BCUT2D eigenvalue weighted by Gasteiger charge is -2.36.